The number of carboxylic acids is 3. The minimum atomic E-state index is -3.16. The highest BCUT2D eigenvalue weighted by atomic mass is 16.7. The first-order valence-corrected chi connectivity index (χ1v) is 10.2. The average molecular weight is 507 g/mol. The van der Waals surface area contributed by atoms with Crippen molar-refractivity contribution in [2.75, 3.05) is 34.3 Å². The first kappa shape index (κ1) is 31.4. The molecule has 0 aliphatic carbocycles. The third-order valence-corrected chi connectivity index (χ3v) is 4.18. The van der Waals surface area contributed by atoms with E-state index in [0.29, 0.717) is 11.4 Å². The Morgan fingerprint density at radius 2 is 1.54 bits per heavy atom. The van der Waals surface area contributed by atoms with Gasteiger partial charge >= 0.3 is 36.1 Å². The Morgan fingerprint density at radius 1 is 0.971 bits per heavy atom. The Labute approximate surface area is 200 Å². The molecule has 0 aliphatic rings. The fourth-order valence-electron chi connectivity index (χ4n) is 2.30. The number of ketones is 1. The highest BCUT2D eigenvalue weighted by molar-refractivity contribution is 6.32. The van der Waals surface area contributed by atoms with E-state index in [1.165, 1.54) is 6.92 Å². The van der Waals surface area contributed by atoms with Gasteiger partial charge in [0.2, 0.25) is 5.78 Å². The SMILES string of the molecule is CCC(OC(=O)C(OCC[N+](C)(C)C)OC(=O)CC(CC(=O)O)(OC(=O)C(C)=O)C(=O)[O-])C(=O)O. The maximum absolute atomic E-state index is 12.5. The van der Waals surface area contributed by atoms with E-state index < -0.39 is 72.4 Å². The van der Waals surface area contributed by atoms with E-state index in [1.807, 2.05) is 0 Å². The quantitative estimate of drug-likeness (QED) is 0.0723. The highest BCUT2D eigenvalue weighted by Gasteiger charge is 2.44. The number of nitrogens with zero attached hydrogens (tertiary/aromatic N) is 1. The summed E-state index contributed by atoms with van der Waals surface area (Å²) in [6, 6.07) is 0. The zero-order chi connectivity index (χ0) is 27.6. The summed E-state index contributed by atoms with van der Waals surface area (Å²) in [5.74, 6) is -11.8. The third kappa shape index (κ3) is 11.4. The van der Waals surface area contributed by atoms with Gasteiger partial charge < -0.3 is 43.5 Å². The Balaban J connectivity index is 5.86. The van der Waals surface area contributed by atoms with E-state index in [9.17, 15) is 38.7 Å². The monoisotopic (exact) mass is 507 g/mol. The van der Waals surface area contributed by atoms with Gasteiger partial charge in [-0.3, -0.25) is 14.4 Å². The van der Waals surface area contributed by atoms with Crippen molar-refractivity contribution >= 4 is 41.6 Å². The molecular formula is C20H29NO14. The number of hydrogen-bond acceptors (Lipinski definition) is 12. The number of ether oxygens (including phenoxy) is 4. The lowest BCUT2D eigenvalue weighted by Gasteiger charge is -2.32. The number of carboxylic acid groups (broad SMARTS) is 3. The lowest BCUT2D eigenvalue weighted by atomic mass is 9.95. The summed E-state index contributed by atoms with van der Waals surface area (Å²) >= 11 is 0. The fraction of sp³-hybridized carbons (Fsp3) is 0.650. The summed E-state index contributed by atoms with van der Waals surface area (Å²) < 4.78 is 19.5. The van der Waals surface area contributed by atoms with Crippen LogP contribution in [0.15, 0.2) is 0 Å². The molecule has 0 amide bonds. The molecule has 0 spiro atoms. The number of aliphatic carboxylic acids is 3. The molecule has 15 heteroatoms. The van der Waals surface area contributed by atoms with Gasteiger partial charge in [-0.1, -0.05) is 6.92 Å². The van der Waals surface area contributed by atoms with Gasteiger partial charge in [-0.05, 0) is 6.42 Å². The molecule has 15 nitrogen and oxygen atoms in total. The summed E-state index contributed by atoms with van der Waals surface area (Å²) in [5.41, 5.74) is -3.16. The average Bonchev–Trinajstić information content (AvgIpc) is 2.68. The van der Waals surface area contributed by atoms with Crippen molar-refractivity contribution in [3.05, 3.63) is 0 Å². The molecule has 0 bridgehead atoms. The number of rotatable bonds is 16. The molecule has 0 aliphatic heterocycles. The normalized spacial score (nSPS) is 14.5. The molecule has 0 saturated carbocycles. The van der Waals surface area contributed by atoms with E-state index in [1.54, 1.807) is 21.1 Å². The molecule has 35 heavy (non-hydrogen) atoms. The van der Waals surface area contributed by atoms with Crippen molar-refractivity contribution in [2.45, 2.75) is 51.1 Å². The van der Waals surface area contributed by atoms with E-state index in [-0.39, 0.29) is 19.6 Å². The molecule has 2 N–H and O–H groups in total. The molecule has 3 unspecified atom stereocenters. The summed E-state index contributed by atoms with van der Waals surface area (Å²) in [6.07, 6.45) is -6.91. The van der Waals surface area contributed by atoms with Crippen LogP contribution >= 0.6 is 0 Å². The molecule has 0 radical (unpaired) electrons. The Bertz CT molecular complexity index is 845. The molecular weight excluding hydrogens is 478 g/mol. The van der Waals surface area contributed by atoms with Crippen molar-refractivity contribution in [2.24, 2.45) is 0 Å². The van der Waals surface area contributed by atoms with Gasteiger partial charge in [0.05, 0.1) is 40.0 Å². The zero-order valence-electron chi connectivity index (χ0n) is 19.9. The number of likely N-dealkylation sites (N-methyl/N-ethyl adjacent to an activating group) is 1. The predicted octanol–water partition coefficient (Wildman–Crippen LogP) is -2.53. The largest absolute Gasteiger partial charge is 0.546 e. The molecule has 0 aromatic heterocycles. The van der Waals surface area contributed by atoms with Gasteiger partial charge in [-0.2, -0.15) is 0 Å². The van der Waals surface area contributed by atoms with Gasteiger partial charge in [0.1, 0.15) is 13.2 Å². The third-order valence-electron chi connectivity index (χ3n) is 4.18. The fourth-order valence-corrected chi connectivity index (χ4v) is 2.30. The van der Waals surface area contributed by atoms with Crippen LogP contribution < -0.4 is 5.11 Å². The van der Waals surface area contributed by atoms with Crippen LogP contribution in [0.4, 0.5) is 0 Å². The van der Waals surface area contributed by atoms with Crippen LogP contribution in [0.3, 0.4) is 0 Å². The number of esters is 3. The molecule has 0 aromatic carbocycles. The molecule has 0 aromatic rings. The summed E-state index contributed by atoms with van der Waals surface area (Å²) in [5, 5.41) is 29.7. The standard InChI is InChI=1S/C20H29NO14/c1-6-12(15(26)27)33-17(29)18(32-8-7-21(3,4)5)34-14(25)10-20(19(30)31,9-13(23)24)35-16(28)11(2)22/h12,18H,6-10H2,1-5H3,(H2-,23,24,26,27,30,31). The van der Waals surface area contributed by atoms with Crippen LogP contribution in [0.2, 0.25) is 0 Å². The van der Waals surface area contributed by atoms with Crippen LogP contribution in [-0.4, -0.2) is 109 Å². The minimum absolute atomic E-state index is 0.145. The maximum atomic E-state index is 12.5. The number of carbonyl (C=O) groups is 7. The molecule has 0 saturated heterocycles. The lowest BCUT2D eigenvalue weighted by Crippen LogP contribution is -2.55. The van der Waals surface area contributed by atoms with Crippen molar-refractivity contribution < 1.29 is 72.3 Å². The topological polar surface area (TPSA) is 220 Å². The molecule has 0 rings (SSSR count). The smallest absolute Gasteiger partial charge is 0.377 e. The minimum Gasteiger partial charge on any atom is -0.546 e. The van der Waals surface area contributed by atoms with Crippen molar-refractivity contribution in [1.82, 2.24) is 0 Å². The van der Waals surface area contributed by atoms with Crippen LogP contribution in [-0.2, 0) is 52.5 Å². The van der Waals surface area contributed by atoms with Crippen LogP contribution in [0, 0.1) is 0 Å². The van der Waals surface area contributed by atoms with Gasteiger partial charge in [0.25, 0.3) is 0 Å². The Hall–Kier alpha value is -3.59. The lowest BCUT2D eigenvalue weighted by molar-refractivity contribution is -0.870. The van der Waals surface area contributed by atoms with Crippen LogP contribution in [0.25, 0.3) is 0 Å². The molecule has 198 valence electrons. The number of hydrogen-bond donors (Lipinski definition) is 2. The van der Waals surface area contributed by atoms with Crippen molar-refractivity contribution in [3.8, 4) is 0 Å². The molecule has 3 atom stereocenters. The first-order valence-electron chi connectivity index (χ1n) is 10.2. The Kier molecular flexibility index (Phi) is 12.0. The summed E-state index contributed by atoms with van der Waals surface area (Å²) in [4.78, 5) is 81.7. The number of quaternary nitrogens is 1. The van der Waals surface area contributed by atoms with E-state index in [2.05, 4.69) is 4.74 Å². The second kappa shape index (κ2) is 13.3. The molecule has 0 heterocycles. The van der Waals surface area contributed by atoms with Crippen molar-refractivity contribution in [1.29, 1.82) is 0 Å². The Morgan fingerprint density at radius 3 is 1.94 bits per heavy atom. The summed E-state index contributed by atoms with van der Waals surface area (Å²) in [7, 11) is 5.30. The van der Waals surface area contributed by atoms with Crippen LogP contribution in [0.1, 0.15) is 33.1 Å². The van der Waals surface area contributed by atoms with Gasteiger partial charge in [-0.15, -0.1) is 0 Å². The number of Topliss-reactive ketones (excluding diaryl/α,β-unsaturated/α-hetero) is 1. The maximum Gasteiger partial charge on any atom is 0.377 e. The summed E-state index contributed by atoms with van der Waals surface area (Å²) in [6.45, 7) is 2.17. The van der Waals surface area contributed by atoms with Gasteiger partial charge in [0, 0.05) is 6.92 Å². The predicted molar refractivity (Wildman–Crippen MR) is 108 cm³/mol. The second-order valence-corrected chi connectivity index (χ2v) is 8.35. The number of carbonyl (C=O) groups excluding carboxylic acids is 5. The zero-order valence-corrected chi connectivity index (χ0v) is 19.9. The van der Waals surface area contributed by atoms with Gasteiger partial charge in [0.15, 0.2) is 11.7 Å². The van der Waals surface area contributed by atoms with E-state index in [0.717, 1.165) is 0 Å². The molecule has 0 fully saturated rings. The van der Waals surface area contributed by atoms with E-state index in [4.69, 9.17) is 24.4 Å². The van der Waals surface area contributed by atoms with E-state index >= 15 is 0 Å². The highest BCUT2D eigenvalue weighted by Crippen LogP contribution is 2.23. The first-order chi connectivity index (χ1) is 15.9. The second-order valence-electron chi connectivity index (χ2n) is 8.35. The van der Waals surface area contributed by atoms with Crippen molar-refractivity contribution in [3.63, 3.8) is 0 Å². The van der Waals surface area contributed by atoms with Crippen LogP contribution in [0.5, 0.6) is 0 Å². The van der Waals surface area contributed by atoms with Gasteiger partial charge in [-0.25, -0.2) is 14.4 Å².